The second-order valence-electron chi connectivity index (χ2n) is 4.89. The minimum Gasteiger partial charge on any atom is -0.497 e. The van der Waals surface area contributed by atoms with Crippen molar-refractivity contribution in [1.82, 2.24) is 9.38 Å². The Balaban J connectivity index is 2.16. The Morgan fingerprint density at radius 3 is 2.57 bits per heavy atom. The summed E-state index contributed by atoms with van der Waals surface area (Å²) in [6.07, 6.45) is 2.97. The molecule has 21 heavy (non-hydrogen) atoms. The lowest BCUT2D eigenvalue weighted by atomic mass is 10.1. The minimum absolute atomic E-state index is 0.503. The smallest absolute Gasteiger partial charge is 0.137 e. The van der Waals surface area contributed by atoms with Gasteiger partial charge in [-0.25, -0.2) is 4.98 Å². The maximum atomic E-state index is 5.91. The summed E-state index contributed by atoms with van der Waals surface area (Å²) in [6, 6.07) is 12.1. The van der Waals surface area contributed by atoms with Crippen molar-refractivity contribution in [2.24, 2.45) is 0 Å². The van der Waals surface area contributed by atoms with Gasteiger partial charge in [0.15, 0.2) is 0 Å². The van der Waals surface area contributed by atoms with Crippen LogP contribution in [0.25, 0.3) is 16.9 Å². The molecule has 0 radical (unpaired) electrons. The average Bonchev–Trinajstić information content (AvgIpc) is 2.92. The first kappa shape index (κ1) is 14.0. The Morgan fingerprint density at radius 2 is 1.95 bits per heavy atom. The van der Waals surface area contributed by atoms with Crippen molar-refractivity contribution >= 4 is 17.2 Å². The van der Waals surface area contributed by atoms with Crippen molar-refractivity contribution in [3.8, 4) is 17.0 Å². The molecule has 4 heteroatoms. The summed E-state index contributed by atoms with van der Waals surface area (Å²) in [5.41, 5.74) is 5.35. The molecule has 0 unspecified atom stereocenters. The summed E-state index contributed by atoms with van der Waals surface area (Å²) in [4.78, 5) is 4.78. The third-order valence-electron chi connectivity index (χ3n) is 3.64. The normalized spacial score (nSPS) is 11.0. The molecule has 3 aromatic rings. The van der Waals surface area contributed by atoms with E-state index >= 15 is 0 Å². The maximum absolute atomic E-state index is 5.91. The first-order valence-electron chi connectivity index (χ1n) is 6.97. The standard InChI is InChI=1S/C17H17ClN2O/c1-3-15-17(13-4-6-14(21-2)7-5-13)19-16-10-12(11-18)8-9-20(15)16/h4-10H,3,11H2,1-2H3. The highest BCUT2D eigenvalue weighted by Gasteiger charge is 2.12. The van der Waals surface area contributed by atoms with Crippen molar-refractivity contribution in [2.45, 2.75) is 19.2 Å². The summed E-state index contributed by atoms with van der Waals surface area (Å²) in [5.74, 6) is 1.35. The predicted octanol–water partition coefficient (Wildman–Crippen LogP) is 4.31. The van der Waals surface area contributed by atoms with Crippen LogP contribution in [-0.2, 0) is 12.3 Å². The zero-order valence-electron chi connectivity index (χ0n) is 12.1. The predicted molar refractivity (Wildman–Crippen MR) is 86.1 cm³/mol. The van der Waals surface area contributed by atoms with E-state index in [-0.39, 0.29) is 0 Å². The molecule has 0 amide bonds. The molecule has 108 valence electrons. The highest BCUT2D eigenvalue weighted by Crippen LogP contribution is 2.27. The molecule has 2 aromatic heterocycles. The Morgan fingerprint density at radius 1 is 1.19 bits per heavy atom. The molecule has 0 spiro atoms. The fourth-order valence-corrected chi connectivity index (χ4v) is 2.70. The number of ether oxygens (including phenoxy) is 1. The number of rotatable bonds is 4. The highest BCUT2D eigenvalue weighted by atomic mass is 35.5. The lowest BCUT2D eigenvalue weighted by Crippen LogP contribution is -1.93. The molecule has 0 aliphatic carbocycles. The summed E-state index contributed by atoms with van der Waals surface area (Å²) in [7, 11) is 1.67. The van der Waals surface area contributed by atoms with E-state index in [0.29, 0.717) is 5.88 Å². The third-order valence-corrected chi connectivity index (χ3v) is 3.95. The van der Waals surface area contributed by atoms with E-state index in [4.69, 9.17) is 21.3 Å². The molecule has 0 N–H and O–H groups in total. The number of nitrogens with zero attached hydrogens (tertiary/aromatic N) is 2. The lowest BCUT2D eigenvalue weighted by Gasteiger charge is -2.04. The number of imidazole rings is 1. The number of halogens is 1. The van der Waals surface area contributed by atoms with Gasteiger partial charge in [-0.15, -0.1) is 11.6 Å². The van der Waals surface area contributed by atoms with Gasteiger partial charge in [0.2, 0.25) is 0 Å². The SMILES string of the molecule is CCc1c(-c2ccc(OC)cc2)nc2cc(CCl)ccn12. The van der Waals surface area contributed by atoms with E-state index in [0.717, 1.165) is 34.6 Å². The zero-order chi connectivity index (χ0) is 14.8. The number of fused-ring (bicyclic) bond motifs is 1. The van der Waals surface area contributed by atoms with E-state index in [9.17, 15) is 0 Å². The molecule has 0 saturated carbocycles. The zero-order valence-corrected chi connectivity index (χ0v) is 12.9. The molecule has 1 aromatic carbocycles. The first-order valence-corrected chi connectivity index (χ1v) is 7.50. The second kappa shape index (κ2) is 5.78. The minimum atomic E-state index is 0.503. The average molecular weight is 301 g/mol. The van der Waals surface area contributed by atoms with Crippen LogP contribution in [0.4, 0.5) is 0 Å². The monoisotopic (exact) mass is 300 g/mol. The molecule has 0 atom stereocenters. The van der Waals surface area contributed by atoms with E-state index in [2.05, 4.69) is 11.3 Å². The van der Waals surface area contributed by atoms with Crippen LogP contribution in [0.15, 0.2) is 42.6 Å². The van der Waals surface area contributed by atoms with Crippen molar-refractivity contribution in [3.05, 3.63) is 53.9 Å². The largest absolute Gasteiger partial charge is 0.497 e. The van der Waals surface area contributed by atoms with E-state index in [1.807, 2.05) is 42.6 Å². The van der Waals surface area contributed by atoms with Crippen LogP contribution in [0, 0.1) is 0 Å². The quantitative estimate of drug-likeness (QED) is 0.671. The second-order valence-corrected chi connectivity index (χ2v) is 5.15. The van der Waals surface area contributed by atoms with Gasteiger partial charge in [-0.3, -0.25) is 0 Å². The number of alkyl halides is 1. The van der Waals surface area contributed by atoms with Crippen LogP contribution in [0.5, 0.6) is 5.75 Å². The number of hydrogen-bond acceptors (Lipinski definition) is 2. The summed E-state index contributed by atoms with van der Waals surface area (Å²) < 4.78 is 7.35. The number of methoxy groups -OCH3 is 1. The highest BCUT2D eigenvalue weighted by molar-refractivity contribution is 6.17. The van der Waals surface area contributed by atoms with Crippen molar-refractivity contribution < 1.29 is 4.74 Å². The molecule has 0 aliphatic rings. The van der Waals surface area contributed by atoms with Crippen LogP contribution < -0.4 is 4.74 Å². The maximum Gasteiger partial charge on any atom is 0.137 e. The van der Waals surface area contributed by atoms with E-state index < -0.39 is 0 Å². The topological polar surface area (TPSA) is 26.5 Å². The molecule has 0 saturated heterocycles. The van der Waals surface area contributed by atoms with Gasteiger partial charge in [0, 0.05) is 17.6 Å². The van der Waals surface area contributed by atoms with E-state index in [1.165, 1.54) is 5.69 Å². The van der Waals surface area contributed by atoms with E-state index in [1.54, 1.807) is 7.11 Å². The van der Waals surface area contributed by atoms with Gasteiger partial charge in [-0.2, -0.15) is 0 Å². The van der Waals surface area contributed by atoms with Gasteiger partial charge in [-0.05, 0) is 48.4 Å². The number of hydrogen-bond donors (Lipinski definition) is 0. The molecule has 0 aliphatic heterocycles. The molecule has 3 nitrogen and oxygen atoms in total. The Bertz CT molecular complexity index is 762. The van der Waals surface area contributed by atoms with Crippen molar-refractivity contribution in [1.29, 1.82) is 0 Å². The molecular formula is C17H17ClN2O. The Hall–Kier alpha value is -2.00. The van der Waals surface area contributed by atoms with Gasteiger partial charge >= 0.3 is 0 Å². The summed E-state index contributed by atoms with van der Waals surface area (Å²) >= 11 is 5.91. The summed E-state index contributed by atoms with van der Waals surface area (Å²) in [6.45, 7) is 2.14. The Labute approximate surface area is 129 Å². The number of benzene rings is 1. The molecule has 0 bridgehead atoms. The van der Waals surface area contributed by atoms with Crippen LogP contribution in [-0.4, -0.2) is 16.5 Å². The van der Waals surface area contributed by atoms with Crippen molar-refractivity contribution in [2.75, 3.05) is 7.11 Å². The van der Waals surface area contributed by atoms with Gasteiger partial charge in [-0.1, -0.05) is 6.92 Å². The molecule has 3 rings (SSSR count). The van der Waals surface area contributed by atoms with Gasteiger partial charge < -0.3 is 9.14 Å². The van der Waals surface area contributed by atoms with Crippen LogP contribution in [0.1, 0.15) is 18.2 Å². The summed E-state index contributed by atoms with van der Waals surface area (Å²) in [5, 5.41) is 0. The van der Waals surface area contributed by atoms with Gasteiger partial charge in [0.05, 0.1) is 18.5 Å². The van der Waals surface area contributed by atoms with Gasteiger partial charge in [0.1, 0.15) is 11.4 Å². The molecule has 2 heterocycles. The van der Waals surface area contributed by atoms with Crippen LogP contribution >= 0.6 is 11.6 Å². The fourth-order valence-electron chi connectivity index (χ4n) is 2.54. The van der Waals surface area contributed by atoms with Crippen LogP contribution in [0.3, 0.4) is 0 Å². The molecule has 0 fully saturated rings. The van der Waals surface area contributed by atoms with Crippen molar-refractivity contribution in [3.63, 3.8) is 0 Å². The third kappa shape index (κ3) is 2.49. The molecular weight excluding hydrogens is 284 g/mol. The van der Waals surface area contributed by atoms with Gasteiger partial charge in [0.25, 0.3) is 0 Å². The fraction of sp³-hybridized carbons (Fsp3) is 0.235. The van der Waals surface area contributed by atoms with Crippen LogP contribution in [0.2, 0.25) is 0 Å². The first-order chi connectivity index (χ1) is 10.3. The number of aryl methyl sites for hydroxylation is 1. The lowest BCUT2D eigenvalue weighted by molar-refractivity contribution is 0.415. The number of pyridine rings is 1. The number of aromatic nitrogens is 2. The Kier molecular flexibility index (Phi) is 3.84.